The molecule has 0 unspecified atom stereocenters. The molecule has 0 spiro atoms. The van der Waals surface area contributed by atoms with Crippen molar-refractivity contribution in [2.45, 2.75) is 63.3 Å². The molecular weight excluding hydrogens is 663 g/mol. The molecule has 1 N–H and O–H groups in total. The number of amides is 2. The highest BCUT2D eigenvalue weighted by Gasteiger charge is 2.37. The van der Waals surface area contributed by atoms with E-state index < -0.39 is 46.2 Å². The summed E-state index contributed by atoms with van der Waals surface area (Å²) in [5.74, 6) is -1.29. The lowest BCUT2D eigenvalue weighted by Crippen LogP contribution is -2.54. The van der Waals surface area contributed by atoms with Crippen LogP contribution in [0.1, 0.15) is 42.5 Å². The predicted octanol–water partition coefficient (Wildman–Crippen LogP) is 7.42. The maximum atomic E-state index is 14.5. The Morgan fingerprint density at radius 2 is 1.54 bits per heavy atom. The van der Waals surface area contributed by atoms with Crippen molar-refractivity contribution in [2.24, 2.45) is 0 Å². The number of carbonyl (C=O) groups is 2. The van der Waals surface area contributed by atoms with Gasteiger partial charge in [0.15, 0.2) is 0 Å². The van der Waals surface area contributed by atoms with Crippen molar-refractivity contribution in [3.05, 3.63) is 130 Å². The Labute approximate surface area is 284 Å². The van der Waals surface area contributed by atoms with Crippen molar-refractivity contribution in [1.82, 2.24) is 10.2 Å². The molecule has 0 aliphatic rings. The van der Waals surface area contributed by atoms with E-state index in [1.54, 1.807) is 67.6 Å². The summed E-state index contributed by atoms with van der Waals surface area (Å²) in [6, 6.07) is 23.9. The number of rotatable bonds is 13. The van der Waals surface area contributed by atoms with Gasteiger partial charge in [-0.15, -0.1) is 0 Å². The molecule has 0 saturated carbocycles. The minimum Gasteiger partial charge on any atom is -0.352 e. The number of hydrogen-bond donors (Lipinski definition) is 1. The minimum absolute atomic E-state index is 0.0770. The topological polar surface area (TPSA) is 86.8 Å². The summed E-state index contributed by atoms with van der Waals surface area (Å²) in [7, 11) is -4.58. The fourth-order valence-corrected chi connectivity index (χ4v) is 6.61. The average molecular weight is 700 g/mol. The van der Waals surface area contributed by atoms with Crippen molar-refractivity contribution in [1.29, 1.82) is 0 Å². The summed E-state index contributed by atoms with van der Waals surface area (Å²) in [6.07, 6.45) is -4.09. The molecule has 2 atom stereocenters. The van der Waals surface area contributed by atoms with Crippen LogP contribution in [0, 0.1) is 6.92 Å². The van der Waals surface area contributed by atoms with Gasteiger partial charge in [0, 0.05) is 24.0 Å². The number of carbonyl (C=O) groups excluding carboxylic acids is 2. The van der Waals surface area contributed by atoms with E-state index in [1.165, 1.54) is 23.1 Å². The number of nitrogens with zero attached hydrogens (tertiary/aromatic N) is 2. The van der Waals surface area contributed by atoms with Crippen LogP contribution in [0.15, 0.2) is 108 Å². The van der Waals surface area contributed by atoms with Crippen molar-refractivity contribution in [2.75, 3.05) is 10.8 Å². The van der Waals surface area contributed by atoms with Crippen LogP contribution in [0.2, 0.25) is 5.02 Å². The second-order valence-electron chi connectivity index (χ2n) is 11.5. The number of alkyl halides is 3. The molecule has 0 saturated heterocycles. The van der Waals surface area contributed by atoms with Crippen LogP contribution in [0.4, 0.5) is 18.9 Å². The van der Waals surface area contributed by atoms with E-state index in [2.05, 4.69) is 5.32 Å². The highest BCUT2D eigenvalue weighted by Crippen LogP contribution is 2.33. The van der Waals surface area contributed by atoms with Gasteiger partial charge in [0.05, 0.1) is 16.1 Å². The minimum atomic E-state index is -4.77. The van der Waals surface area contributed by atoms with E-state index in [4.69, 9.17) is 11.6 Å². The highest BCUT2D eigenvalue weighted by molar-refractivity contribution is 7.92. The fourth-order valence-electron chi connectivity index (χ4n) is 5.01. The maximum Gasteiger partial charge on any atom is 0.416 e. The van der Waals surface area contributed by atoms with E-state index in [0.717, 1.165) is 23.3 Å². The van der Waals surface area contributed by atoms with Crippen LogP contribution in [0.25, 0.3) is 0 Å². The van der Waals surface area contributed by atoms with E-state index in [0.29, 0.717) is 27.4 Å². The van der Waals surface area contributed by atoms with Gasteiger partial charge < -0.3 is 10.2 Å². The van der Waals surface area contributed by atoms with Crippen LogP contribution in [-0.2, 0) is 38.8 Å². The Hall–Kier alpha value is -4.35. The van der Waals surface area contributed by atoms with Gasteiger partial charge in [-0.1, -0.05) is 90.8 Å². The predicted molar refractivity (Wildman–Crippen MR) is 181 cm³/mol. The van der Waals surface area contributed by atoms with E-state index in [9.17, 15) is 31.2 Å². The molecule has 0 fully saturated rings. The molecule has 0 heterocycles. The van der Waals surface area contributed by atoms with Gasteiger partial charge in [-0.05, 0) is 67.8 Å². The lowest BCUT2D eigenvalue weighted by molar-refractivity contribution is -0.140. The van der Waals surface area contributed by atoms with Crippen molar-refractivity contribution in [3.63, 3.8) is 0 Å². The molecule has 12 heteroatoms. The van der Waals surface area contributed by atoms with Gasteiger partial charge in [-0.3, -0.25) is 13.9 Å². The molecule has 4 aromatic rings. The molecule has 0 aliphatic carbocycles. The molecule has 4 rings (SSSR count). The van der Waals surface area contributed by atoms with Crippen LogP contribution in [-0.4, -0.2) is 43.8 Å². The number of aryl methyl sites for hydroxylation is 1. The second-order valence-corrected chi connectivity index (χ2v) is 13.8. The largest absolute Gasteiger partial charge is 0.416 e. The number of sulfonamides is 1. The summed E-state index contributed by atoms with van der Waals surface area (Å²) in [4.78, 5) is 29.5. The normalized spacial score (nSPS) is 13.0. The van der Waals surface area contributed by atoms with E-state index in [-0.39, 0.29) is 29.6 Å². The zero-order valence-electron chi connectivity index (χ0n) is 26.7. The Kier molecular flexibility index (Phi) is 11.9. The van der Waals surface area contributed by atoms with Gasteiger partial charge in [0.2, 0.25) is 11.8 Å². The molecule has 48 heavy (non-hydrogen) atoms. The van der Waals surface area contributed by atoms with Crippen molar-refractivity contribution < 1.29 is 31.2 Å². The van der Waals surface area contributed by atoms with Gasteiger partial charge in [-0.2, -0.15) is 13.2 Å². The molecule has 0 radical (unpaired) electrons. The first-order valence-electron chi connectivity index (χ1n) is 15.3. The number of benzene rings is 4. The molecule has 0 aliphatic heterocycles. The summed E-state index contributed by atoms with van der Waals surface area (Å²) < 4.78 is 70.3. The van der Waals surface area contributed by atoms with Gasteiger partial charge >= 0.3 is 6.18 Å². The Balaban J connectivity index is 1.86. The number of nitrogens with one attached hydrogen (secondary N) is 1. The Morgan fingerprint density at radius 1 is 0.896 bits per heavy atom. The zero-order valence-corrected chi connectivity index (χ0v) is 28.3. The molecule has 2 amide bonds. The lowest BCUT2D eigenvalue weighted by atomic mass is 10.0. The first-order chi connectivity index (χ1) is 22.7. The quantitative estimate of drug-likeness (QED) is 0.157. The smallest absolute Gasteiger partial charge is 0.352 e. The number of halogens is 4. The maximum absolute atomic E-state index is 14.5. The summed E-state index contributed by atoms with van der Waals surface area (Å²) >= 11 is 6.50. The van der Waals surface area contributed by atoms with Crippen LogP contribution in [0.5, 0.6) is 0 Å². The fraction of sp³-hybridized carbons (Fsp3) is 0.278. The number of hydrogen-bond acceptors (Lipinski definition) is 4. The first-order valence-corrected chi connectivity index (χ1v) is 17.2. The SMILES string of the molecule is CC[C@@H](C)NC(=O)[C@H](Cc1ccccc1)N(Cc1ccccc1Cl)C(=O)CN(c1cccc(C(F)(F)F)c1)S(=O)(=O)c1ccc(C)cc1. The first kappa shape index (κ1) is 36.5. The Morgan fingerprint density at radius 3 is 2.17 bits per heavy atom. The van der Waals surface area contributed by atoms with Crippen molar-refractivity contribution >= 4 is 39.1 Å². The molecular formula is C36H37ClF3N3O4S. The van der Waals surface area contributed by atoms with E-state index in [1.807, 2.05) is 19.9 Å². The zero-order chi connectivity index (χ0) is 35.1. The second kappa shape index (κ2) is 15.7. The van der Waals surface area contributed by atoms with E-state index >= 15 is 0 Å². The number of anilines is 1. The monoisotopic (exact) mass is 699 g/mol. The van der Waals surface area contributed by atoms with Crippen LogP contribution < -0.4 is 9.62 Å². The third kappa shape index (κ3) is 9.17. The van der Waals surface area contributed by atoms with Gasteiger partial charge in [-0.25, -0.2) is 8.42 Å². The van der Waals surface area contributed by atoms with Crippen LogP contribution >= 0.6 is 11.6 Å². The molecule has 0 aromatic heterocycles. The summed E-state index contributed by atoms with van der Waals surface area (Å²) in [5, 5.41) is 3.25. The molecule has 0 bridgehead atoms. The molecule has 254 valence electrons. The lowest BCUT2D eigenvalue weighted by Gasteiger charge is -2.34. The average Bonchev–Trinajstić information content (AvgIpc) is 3.06. The third-order valence-corrected chi connectivity index (χ3v) is 10.1. The highest BCUT2D eigenvalue weighted by atomic mass is 35.5. The standard InChI is InChI=1S/C36H37ClF3N3O4S/c1-4-26(3)41-35(45)33(21-27-11-6-5-7-12-27)42(23-28-13-8-9-16-32(28)37)34(44)24-43(30-15-10-14-29(22-30)36(38,39)40)48(46,47)31-19-17-25(2)18-20-31/h5-20,22,26,33H,4,21,23-24H2,1-3H3,(H,41,45)/t26-,33+/m1/s1. The molecule has 7 nitrogen and oxygen atoms in total. The Bertz CT molecular complexity index is 1820. The summed E-state index contributed by atoms with van der Waals surface area (Å²) in [5.41, 5.74) is 0.548. The van der Waals surface area contributed by atoms with Gasteiger partial charge in [0.1, 0.15) is 12.6 Å². The van der Waals surface area contributed by atoms with Crippen molar-refractivity contribution in [3.8, 4) is 0 Å². The third-order valence-electron chi connectivity index (χ3n) is 7.92. The summed E-state index contributed by atoms with van der Waals surface area (Å²) in [6.45, 7) is 4.40. The molecule has 4 aromatic carbocycles. The van der Waals surface area contributed by atoms with Crippen LogP contribution in [0.3, 0.4) is 0 Å². The van der Waals surface area contributed by atoms with Gasteiger partial charge in [0.25, 0.3) is 10.0 Å².